The summed E-state index contributed by atoms with van der Waals surface area (Å²) in [5, 5.41) is 9.55. The first-order chi connectivity index (χ1) is 6.77. The van der Waals surface area contributed by atoms with Crippen LogP contribution in [0.25, 0.3) is 0 Å². The largest absolute Gasteiger partial charge is 0.397 e. The van der Waals surface area contributed by atoms with Crippen molar-refractivity contribution in [1.82, 2.24) is 0 Å². The molecule has 14 heavy (non-hydrogen) atoms. The highest BCUT2D eigenvalue weighted by Gasteiger charge is 2.18. The first-order valence-corrected chi connectivity index (χ1v) is 5.05. The number of piperidine rings is 1. The van der Waals surface area contributed by atoms with Crippen LogP contribution in [0.4, 0.5) is 11.4 Å². The Morgan fingerprint density at radius 3 is 2.86 bits per heavy atom. The number of nitrogens with two attached hydrogens (primary N) is 1. The summed E-state index contributed by atoms with van der Waals surface area (Å²) in [6.07, 6.45) is 1.74. The molecule has 1 aromatic carbocycles. The number of rotatable bonds is 1. The molecular weight excluding hydrogens is 176 g/mol. The van der Waals surface area contributed by atoms with Crippen LogP contribution in [-0.2, 0) is 0 Å². The van der Waals surface area contributed by atoms with E-state index in [-0.39, 0.29) is 6.10 Å². The van der Waals surface area contributed by atoms with Gasteiger partial charge in [0, 0.05) is 13.1 Å². The summed E-state index contributed by atoms with van der Waals surface area (Å²) in [4.78, 5) is 2.16. The van der Waals surface area contributed by atoms with E-state index in [0.717, 1.165) is 30.8 Å². The van der Waals surface area contributed by atoms with Crippen molar-refractivity contribution in [3.63, 3.8) is 0 Å². The fourth-order valence-corrected chi connectivity index (χ4v) is 1.95. The molecule has 1 atom stereocenters. The highest BCUT2D eigenvalue weighted by Crippen LogP contribution is 2.25. The lowest BCUT2D eigenvalue weighted by Gasteiger charge is -2.32. The first kappa shape index (κ1) is 9.34. The van der Waals surface area contributed by atoms with Gasteiger partial charge in [-0.25, -0.2) is 0 Å². The Hall–Kier alpha value is -1.22. The summed E-state index contributed by atoms with van der Waals surface area (Å²) in [6.45, 7) is 1.69. The number of β-amino-alcohol motifs (C(OH)–C–C–N with tert-alkyl or cyclic N) is 1. The van der Waals surface area contributed by atoms with Gasteiger partial charge in [-0.1, -0.05) is 12.1 Å². The van der Waals surface area contributed by atoms with Gasteiger partial charge in [0.05, 0.1) is 17.5 Å². The van der Waals surface area contributed by atoms with E-state index in [2.05, 4.69) is 4.90 Å². The standard InChI is InChI=1S/C11H16N2O/c12-10-5-1-2-6-11(10)13-7-3-4-9(14)8-13/h1-2,5-6,9,14H,3-4,7-8,12H2. The maximum Gasteiger partial charge on any atom is 0.0715 e. The second-order valence-electron chi connectivity index (χ2n) is 3.80. The Balaban J connectivity index is 2.18. The number of nitrogen functional groups attached to an aromatic ring is 1. The van der Waals surface area contributed by atoms with E-state index in [1.165, 1.54) is 0 Å². The molecule has 3 heteroatoms. The van der Waals surface area contributed by atoms with Gasteiger partial charge in [0.1, 0.15) is 0 Å². The van der Waals surface area contributed by atoms with E-state index in [4.69, 9.17) is 5.73 Å². The van der Waals surface area contributed by atoms with E-state index >= 15 is 0 Å². The minimum Gasteiger partial charge on any atom is -0.397 e. The van der Waals surface area contributed by atoms with Crippen LogP contribution in [0.15, 0.2) is 24.3 Å². The second-order valence-corrected chi connectivity index (χ2v) is 3.80. The van der Waals surface area contributed by atoms with Crippen molar-refractivity contribution in [3.05, 3.63) is 24.3 Å². The van der Waals surface area contributed by atoms with E-state index in [9.17, 15) is 5.11 Å². The van der Waals surface area contributed by atoms with E-state index < -0.39 is 0 Å². The van der Waals surface area contributed by atoms with Crippen LogP contribution in [-0.4, -0.2) is 24.3 Å². The van der Waals surface area contributed by atoms with Crippen LogP contribution in [0.5, 0.6) is 0 Å². The number of aliphatic hydroxyl groups is 1. The summed E-state index contributed by atoms with van der Waals surface area (Å²) in [5.41, 5.74) is 7.71. The zero-order chi connectivity index (χ0) is 9.97. The Morgan fingerprint density at radius 1 is 1.36 bits per heavy atom. The Kier molecular flexibility index (Phi) is 2.59. The molecule has 1 aliphatic heterocycles. The topological polar surface area (TPSA) is 49.5 Å². The monoisotopic (exact) mass is 192 g/mol. The van der Waals surface area contributed by atoms with Gasteiger partial charge in [0.2, 0.25) is 0 Å². The molecule has 1 fully saturated rings. The highest BCUT2D eigenvalue weighted by molar-refractivity contribution is 5.67. The third-order valence-electron chi connectivity index (χ3n) is 2.67. The van der Waals surface area contributed by atoms with Gasteiger partial charge in [-0.2, -0.15) is 0 Å². The summed E-state index contributed by atoms with van der Waals surface area (Å²) < 4.78 is 0. The van der Waals surface area contributed by atoms with Crippen molar-refractivity contribution in [2.45, 2.75) is 18.9 Å². The van der Waals surface area contributed by atoms with E-state index in [1.807, 2.05) is 24.3 Å². The molecule has 3 N–H and O–H groups in total. The Bertz CT molecular complexity index is 314. The van der Waals surface area contributed by atoms with Gasteiger partial charge in [-0.3, -0.25) is 0 Å². The number of hydrogen-bond donors (Lipinski definition) is 2. The lowest BCUT2D eigenvalue weighted by Crippen LogP contribution is -2.38. The number of nitrogens with zero attached hydrogens (tertiary/aromatic N) is 1. The van der Waals surface area contributed by atoms with Crippen molar-refractivity contribution in [2.75, 3.05) is 23.7 Å². The Morgan fingerprint density at radius 2 is 2.14 bits per heavy atom. The molecule has 1 unspecified atom stereocenters. The summed E-state index contributed by atoms with van der Waals surface area (Å²) in [6, 6.07) is 7.82. The zero-order valence-corrected chi connectivity index (χ0v) is 8.19. The number of benzene rings is 1. The third-order valence-corrected chi connectivity index (χ3v) is 2.67. The summed E-state index contributed by atoms with van der Waals surface area (Å²) in [7, 11) is 0. The quantitative estimate of drug-likeness (QED) is 0.658. The lowest BCUT2D eigenvalue weighted by atomic mass is 10.1. The molecule has 1 heterocycles. The number of aliphatic hydroxyl groups excluding tert-OH is 1. The molecule has 2 rings (SSSR count). The molecule has 0 saturated carbocycles. The van der Waals surface area contributed by atoms with Gasteiger partial charge in [0.25, 0.3) is 0 Å². The fourth-order valence-electron chi connectivity index (χ4n) is 1.95. The maximum atomic E-state index is 9.55. The van der Waals surface area contributed by atoms with Crippen molar-refractivity contribution >= 4 is 11.4 Å². The number of para-hydroxylation sites is 2. The Labute approximate surface area is 84.1 Å². The number of anilines is 2. The van der Waals surface area contributed by atoms with Crippen molar-refractivity contribution in [2.24, 2.45) is 0 Å². The van der Waals surface area contributed by atoms with Crippen LogP contribution in [0.2, 0.25) is 0 Å². The lowest BCUT2D eigenvalue weighted by molar-refractivity contribution is 0.154. The minimum atomic E-state index is -0.205. The van der Waals surface area contributed by atoms with Crippen molar-refractivity contribution < 1.29 is 5.11 Å². The summed E-state index contributed by atoms with van der Waals surface area (Å²) in [5.74, 6) is 0. The second kappa shape index (κ2) is 3.88. The van der Waals surface area contributed by atoms with Gasteiger partial charge >= 0.3 is 0 Å². The normalized spacial score (nSPS) is 22.4. The molecule has 0 spiro atoms. The molecule has 1 saturated heterocycles. The molecule has 1 aliphatic rings. The molecule has 76 valence electrons. The minimum absolute atomic E-state index is 0.205. The molecule has 1 aromatic rings. The zero-order valence-electron chi connectivity index (χ0n) is 8.19. The number of hydrogen-bond acceptors (Lipinski definition) is 3. The summed E-state index contributed by atoms with van der Waals surface area (Å²) >= 11 is 0. The van der Waals surface area contributed by atoms with Crippen LogP contribution in [0, 0.1) is 0 Å². The average molecular weight is 192 g/mol. The molecule has 0 radical (unpaired) electrons. The van der Waals surface area contributed by atoms with Gasteiger partial charge in [-0.15, -0.1) is 0 Å². The molecule has 3 nitrogen and oxygen atoms in total. The SMILES string of the molecule is Nc1ccccc1N1CCCC(O)C1. The van der Waals surface area contributed by atoms with E-state index in [0.29, 0.717) is 6.54 Å². The maximum absolute atomic E-state index is 9.55. The van der Waals surface area contributed by atoms with Crippen molar-refractivity contribution in [1.29, 1.82) is 0 Å². The van der Waals surface area contributed by atoms with Gasteiger partial charge < -0.3 is 15.7 Å². The molecule has 0 aromatic heterocycles. The third kappa shape index (κ3) is 1.82. The molecule has 0 aliphatic carbocycles. The average Bonchev–Trinajstić information content (AvgIpc) is 2.18. The highest BCUT2D eigenvalue weighted by atomic mass is 16.3. The predicted octanol–water partition coefficient (Wildman–Crippen LogP) is 1.23. The molecule has 0 amide bonds. The van der Waals surface area contributed by atoms with Crippen molar-refractivity contribution in [3.8, 4) is 0 Å². The van der Waals surface area contributed by atoms with E-state index in [1.54, 1.807) is 0 Å². The molecular formula is C11H16N2O. The van der Waals surface area contributed by atoms with Crippen LogP contribution in [0.3, 0.4) is 0 Å². The van der Waals surface area contributed by atoms with Crippen LogP contribution >= 0.6 is 0 Å². The van der Waals surface area contributed by atoms with Gasteiger partial charge in [0.15, 0.2) is 0 Å². The molecule has 0 bridgehead atoms. The predicted molar refractivity (Wildman–Crippen MR) is 58.3 cm³/mol. The van der Waals surface area contributed by atoms with Gasteiger partial charge in [-0.05, 0) is 25.0 Å². The van der Waals surface area contributed by atoms with Crippen LogP contribution < -0.4 is 10.6 Å². The first-order valence-electron chi connectivity index (χ1n) is 5.05. The smallest absolute Gasteiger partial charge is 0.0715 e. The van der Waals surface area contributed by atoms with Crippen LogP contribution in [0.1, 0.15) is 12.8 Å². The fraction of sp³-hybridized carbons (Fsp3) is 0.455.